The number of hydrogen-bond acceptors (Lipinski definition) is 7. The van der Waals surface area contributed by atoms with E-state index in [-0.39, 0.29) is 18.3 Å². The number of ether oxygens (including phenoxy) is 2. The van der Waals surface area contributed by atoms with Gasteiger partial charge in [-0.2, -0.15) is 5.10 Å². The number of aromatic nitrogens is 2. The van der Waals surface area contributed by atoms with Crippen molar-refractivity contribution in [2.24, 2.45) is 5.10 Å². The number of aryl methyl sites for hydroxylation is 1. The summed E-state index contributed by atoms with van der Waals surface area (Å²) in [5, 5.41) is 15.0. The van der Waals surface area contributed by atoms with Crippen LogP contribution in [0.5, 0.6) is 11.5 Å². The zero-order chi connectivity index (χ0) is 22.2. The lowest BCUT2D eigenvalue weighted by atomic mass is 10.2. The number of hydrazone groups is 1. The molecule has 0 aliphatic rings. The van der Waals surface area contributed by atoms with E-state index in [0.29, 0.717) is 29.4 Å². The molecule has 3 rings (SSSR count). The molecule has 2 aromatic carbocycles. The Morgan fingerprint density at radius 2 is 1.87 bits per heavy atom. The minimum Gasteiger partial charge on any atom is -0.497 e. The molecular weight excluding hydrogens is 402 g/mol. The summed E-state index contributed by atoms with van der Waals surface area (Å²) in [6, 6.07) is 13.8. The maximum Gasteiger partial charge on any atom is 0.342 e. The van der Waals surface area contributed by atoms with Crippen LogP contribution in [-0.2, 0) is 6.54 Å². The Bertz CT molecular complexity index is 1070. The van der Waals surface area contributed by atoms with Crippen molar-refractivity contribution in [2.75, 3.05) is 13.7 Å². The normalized spacial score (nSPS) is 10.8. The lowest BCUT2D eigenvalue weighted by Crippen LogP contribution is -2.17. The van der Waals surface area contributed by atoms with Gasteiger partial charge in [0.1, 0.15) is 30.8 Å². The summed E-state index contributed by atoms with van der Waals surface area (Å²) >= 11 is 0. The van der Waals surface area contributed by atoms with Gasteiger partial charge in [-0.25, -0.2) is 15.0 Å². The molecule has 0 spiro atoms. The van der Waals surface area contributed by atoms with Crippen LogP contribution in [-0.4, -0.2) is 40.3 Å². The third-order valence-corrected chi connectivity index (χ3v) is 4.42. The molecule has 31 heavy (non-hydrogen) atoms. The molecule has 1 aromatic heterocycles. The average Bonchev–Trinajstić information content (AvgIpc) is 3.15. The summed E-state index contributed by atoms with van der Waals surface area (Å²) in [5.41, 5.74) is 3.70. The van der Waals surface area contributed by atoms with E-state index in [9.17, 15) is 14.9 Å². The number of amides is 1. The largest absolute Gasteiger partial charge is 0.497 e. The molecule has 0 radical (unpaired) electrons. The second-order valence-corrected chi connectivity index (χ2v) is 6.42. The van der Waals surface area contributed by atoms with E-state index in [1.807, 2.05) is 0 Å². The Balaban J connectivity index is 1.49. The molecule has 1 amide bonds. The zero-order valence-corrected chi connectivity index (χ0v) is 17.0. The van der Waals surface area contributed by atoms with Crippen molar-refractivity contribution in [3.8, 4) is 11.5 Å². The van der Waals surface area contributed by atoms with Crippen LogP contribution in [0.2, 0.25) is 0 Å². The number of imidazole rings is 1. The first kappa shape index (κ1) is 21.5. The molecular formula is C21H21N5O5. The van der Waals surface area contributed by atoms with Crippen molar-refractivity contribution < 1.29 is 19.2 Å². The lowest BCUT2D eigenvalue weighted by molar-refractivity contribution is -0.392. The Morgan fingerprint density at radius 1 is 1.19 bits per heavy atom. The van der Waals surface area contributed by atoms with Gasteiger partial charge < -0.3 is 19.6 Å². The fourth-order valence-electron chi connectivity index (χ4n) is 2.76. The average molecular weight is 423 g/mol. The van der Waals surface area contributed by atoms with E-state index in [2.05, 4.69) is 15.5 Å². The van der Waals surface area contributed by atoms with E-state index >= 15 is 0 Å². The quantitative estimate of drug-likeness (QED) is 0.321. The van der Waals surface area contributed by atoms with Gasteiger partial charge >= 0.3 is 5.82 Å². The second kappa shape index (κ2) is 10.0. The number of carbonyl (C=O) groups excluding carboxylic acids is 1. The third kappa shape index (κ3) is 5.66. The highest BCUT2D eigenvalue weighted by atomic mass is 16.6. The van der Waals surface area contributed by atoms with Crippen LogP contribution in [0.15, 0.2) is 59.8 Å². The first-order valence-corrected chi connectivity index (χ1v) is 9.35. The number of nitro groups is 1. The minimum absolute atomic E-state index is 0.0654. The van der Waals surface area contributed by atoms with Crippen molar-refractivity contribution in [2.45, 2.75) is 13.5 Å². The van der Waals surface area contributed by atoms with Crippen molar-refractivity contribution in [1.29, 1.82) is 0 Å². The predicted molar refractivity (Wildman–Crippen MR) is 114 cm³/mol. The minimum atomic E-state index is -0.471. The van der Waals surface area contributed by atoms with Gasteiger partial charge in [-0.1, -0.05) is 0 Å². The fraction of sp³-hybridized carbons (Fsp3) is 0.190. The monoisotopic (exact) mass is 423 g/mol. The molecule has 1 heterocycles. The van der Waals surface area contributed by atoms with Crippen LogP contribution in [0.25, 0.3) is 0 Å². The second-order valence-electron chi connectivity index (χ2n) is 6.42. The molecule has 0 saturated carbocycles. The lowest BCUT2D eigenvalue weighted by Gasteiger charge is -2.07. The Kier molecular flexibility index (Phi) is 6.94. The van der Waals surface area contributed by atoms with Crippen LogP contribution in [0, 0.1) is 17.0 Å². The Morgan fingerprint density at radius 3 is 2.52 bits per heavy atom. The number of benzene rings is 2. The highest BCUT2D eigenvalue weighted by Gasteiger charge is 2.16. The fourth-order valence-corrected chi connectivity index (χ4v) is 2.76. The summed E-state index contributed by atoms with van der Waals surface area (Å²) in [7, 11) is 1.56. The highest BCUT2D eigenvalue weighted by Crippen LogP contribution is 2.15. The number of nitrogens with zero attached hydrogens (tertiary/aromatic N) is 4. The SMILES string of the molecule is COc1ccc(C(=O)N/N=C/c2ccc(OCCn3c([N+](=O)[O-])cnc3C)cc2)cc1. The summed E-state index contributed by atoms with van der Waals surface area (Å²) in [4.78, 5) is 26.5. The van der Waals surface area contributed by atoms with Gasteiger partial charge in [0.2, 0.25) is 0 Å². The van der Waals surface area contributed by atoms with E-state index in [1.165, 1.54) is 17.0 Å². The molecule has 160 valence electrons. The van der Waals surface area contributed by atoms with Gasteiger partial charge in [-0.3, -0.25) is 4.79 Å². The summed E-state index contributed by atoms with van der Waals surface area (Å²) in [5.74, 6) is 1.44. The number of methoxy groups -OCH3 is 1. The maximum atomic E-state index is 12.1. The smallest absolute Gasteiger partial charge is 0.342 e. The topological polar surface area (TPSA) is 121 Å². The molecule has 0 aliphatic carbocycles. The first-order chi connectivity index (χ1) is 15.0. The molecule has 0 bridgehead atoms. The number of rotatable bonds is 9. The molecule has 0 unspecified atom stereocenters. The van der Waals surface area contributed by atoms with E-state index in [0.717, 1.165) is 5.56 Å². The van der Waals surface area contributed by atoms with Gasteiger partial charge in [0, 0.05) is 12.5 Å². The summed E-state index contributed by atoms with van der Waals surface area (Å²) in [6.07, 6.45) is 2.75. The molecule has 0 fully saturated rings. The van der Waals surface area contributed by atoms with Gasteiger partial charge in [-0.15, -0.1) is 0 Å². The predicted octanol–water partition coefficient (Wildman–Crippen LogP) is 2.95. The molecule has 3 aromatic rings. The van der Waals surface area contributed by atoms with Crippen molar-refractivity contribution in [3.05, 3.63) is 81.8 Å². The Labute approximate surface area is 178 Å². The van der Waals surface area contributed by atoms with Crippen LogP contribution < -0.4 is 14.9 Å². The van der Waals surface area contributed by atoms with E-state index in [4.69, 9.17) is 9.47 Å². The molecule has 0 saturated heterocycles. The van der Waals surface area contributed by atoms with Crippen LogP contribution in [0.3, 0.4) is 0 Å². The number of hydrogen-bond donors (Lipinski definition) is 1. The molecule has 1 N–H and O–H groups in total. The summed E-state index contributed by atoms with van der Waals surface area (Å²) < 4.78 is 12.2. The van der Waals surface area contributed by atoms with Crippen molar-refractivity contribution in [3.63, 3.8) is 0 Å². The standard InChI is InChI=1S/C21H21N5O5/c1-15-22-14-20(26(28)29)25(15)11-12-31-19-7-3-16(4-8-19)13-23-24-21(27)17-5-9-18(30-2)10-6-17/h3-10,13-14H,11-12H2,1-2H3,(H,24,27)/b23-13+. The maximum absolute atomic E-state index is 12.1. The van der Waals surface area contributed by atoms with E-state index < -0.39 is 4.92 Å². The zero-order valence-electron chi connectivity index (χ0n) is 17.0. The van der Waals surface area contributed by atoms with Crippen molar-refractivity contribution in [1.82, 2.24) is 15.0 Å². The number of nitrogens with one attached hydrogen (secondary N) is 1. The van der Waals surface area contributed by atoms with Gasteiger partial charge in [0.25, 0.3) is 5.91 Å². The highest BCUT2D eigenvalue weighted by molar-refractivity contribution is 5.95. The molecule has 10 heteroatoms. The van der Waals surface area contributed by atoms with Gasteiger partial charge in [-0.05, 0) is 59.0 Å². The first-order valence-electron chi connectivity index (χ1n) is 9.35. The molecule has 0 aliphatic heterocycles. The van der Waals surface area contributed by atoms with E-state index in [1.54, 1.807) is 62.6 Å². The van der Waals surface area contributed by atoms with Gasteiger partial charge in [0.15, 0.2) is 5.82 Å². The number of carbonyl (C=O) groups is 1. The molecule has 10 nitrogen and oxygen atoms in total. The third-order valence-electron chi connectivity index (χ3n) is 4.42. The van der Waals surface area contributed by atoms with Crippen LogP contribution in [0.4, 0.5) is 5.82 Å². The van der Waals surface area contributed by atoms with Gasteiger partial charge in [0.05, 0.1) is 13.3 Å². The van der Waals surface area contributed by atoms with Crippen molar-refractivity contribution >= 4 is 17.9 Å². The van der Waals surface area contributed by atoms with Crippen LogP contribution >= 0.6 is 0 Å². The Hall–Kier alpha value is -4.21. The van der Waals surface area contributed by atoms with Crippen LogP contribution in [0.1, 0.15) is 21.7 Å². The molecule has 0 atom stereocenters. The summed E-state index contributed by atoms with van der Waals surface area (Å²) in [6.45, 7) is 2.26.